The number of rotatable bonds is 9. The molecule has 140 valence electrons. The van der Waals surface area contributed by atoms with Gasteiger partial charge in [-0.25, -0.2) is 4.79 Å². The molecule has 3 atom stereocenters. The van der Waals surface area contributed by atoms with Crippen LogP contribution >= 0.6 is 11.8 Å². The maximum Gasteiger partial charge on any atom is 0.345 e. The summed E-state index contributed by atoms with van der Waals surface area (Å²) in [5.41, 5.74) is -1.89. The van der Waals surface area contributed by atoms with Crippen molar-refractivity contribution in [3.63, 3.8) is 0 Å². The van der Waals surface area contributed by atoms with E-state index in [2.05, 4.69) is 25.5 Å². The molecule has 6 heteroatoms. The molecule has 3 unspecified atom stereocenters. The predicted molar refractivity (Wildman–Crippen MR) is 96.1 cm³/mol. The molecule has 1 fully saturated rings. The summed E-state index contributed by atoms with van der Waals surface area (Å²) in [6.07, 6.45) is 5.94. The van der Waals surface area contributed by atoms with Crippen molar-refractivity contribution in [3.8, 4) is 0 Å². The Balaban J connectivity index is 2.66. The largest absolute Gasteiger partial charge is 0.467 e. The summed E-state index contributed by atoms with van der Waals surface area (Å²) in [5, 5.41) is 10.5. The van der Waals surface area contributed by atoms with Crippen molar-refractivity contribution in [2.24, 2.45) is 11.3 Å². The zero-order valence-electron chi connectivity index (χ0n) is 15.6. The number of ether oxygens (including phenoxy) is 2. The molecule has 0 heterocycles. The fourth-order valence-electron chi connectivity index (χ4n) is 3.21. The molecule has 0 radical (unpaired) electrons. The molecule has 1 aliphatic rings. The highest BCUT2D eigenvalue weighted by atomic mass is 32.2. The lowest BCUT2D eigenvalue weighted by Gasteiger charge is -2.41. The Morgan fingerprint density at radius 2 is 2.08 bits per heavy atom. The second kappa shape index (κ2) is 9.20. The van der Waals surface area contributed by atoms with E-state index in [0.717, 1.165) is 25.7 Å². The Morgan fingerprint density at radius 3 is 2.62 bits per heavy atom. The molecule has 0 aromatic carbocycles. The Hall–Kier alpha value is -0.590. The van der Waals surface area contributed by atoms with Crippen molar-refractivity contribution in [2.45, 2.75) is 64.6 Å². The Labute approximate surface area is 149 Å². The number of esters is 1. The number of carbonyl (C=O) groups excluding carboxylic acids is 2. The van der Waals surface area contributed by atoms with E-state index in [1.54, 1.807) is 0 Å². The first-order chi connectivity index (χ1) is 11.2. The van der Waals surface area contributed by atoms with E-state index in [-0.39, 0.29) is 24.5 Å². The number of hydrogen-bond acceptors (Lipinski definition) is 6. The predicted octanol–water partition coefficient (Wildman–Crippen LogP) is 2.83. The number of ketones is 1. The van der Waals surface area contributed by atoms with Gasteiger partial charge in [0, 0.05) is 6.42 Å². The van der Waals surface area contributed by atoms with Crippen molar-refractivity contribution in [1.29, 1.82) is 0 Å². The third-order valence-electron chi connectivity index (χ3n) is 5.46. The Bertz CT molecular complexity index is 439. The molecule has 0 aromatic rings. The lowest BCUT2D eigenvalue weighted by molar-refractivity contribution is -0.171. The fourth-order valence-corrected chi connectivity index (χ4v) is 3.71. The van der Waals surface area contributed by atoms with Crippen LogP contribution in [0.1, 0.15) is 52.9 Å². The van der Waals surface area contributed by atoms with E-state index in [1.807, 2.05) is 6.26 Å². The van der Waals surface area contributed by atoms with Crippen LogP contribution in [0.4, 0.5) is 0 Å². The standard InChI is InChI=1S/C18H32O5S/c1-13(2)17(3)8-6-7-14(11-17)23-12-15(19)18(21,9-10-24-5)16(20)22-4/h13-14,21H,6-12H2,1-5H3. The monoisotopic (exact) mass is 360 g/mol. The van der Waals surface area contributed by atoms with Crippen molar-refractivity contribution in [1.82, 2.24) is 0 Å². The maximum absolute atomic E-state index is 12.4. The molecule has 0 saturated heterocycles. The second-order valence-corrected chi connectivity index (χ2v) is 8.34. The van der Waals surface area contributed by atoms with E-state index < -0.39 is 17.4 Å². The molecule has 0 amide bonds. The summed E-state index contributed by atoms with van der Waals surface area (Å²) in [6.45, 7) is 6.44. The Morgan fingerprint density at radius 1 is 1.42 bits per heavy atom. The van der Waals surface area contributed by atoms with Gasteiger partial charge >= 0.3 is 5.97 Å². The third-order valence-corrected chi connectivity index (χ3v) is 6.08. The smallest absolute Gasteiger partial charge is 0.345 e. The number of methoxy groups -OCH3 is 1. The van der Waals surface area contributed by atoms with Crippen LogP contribution in [0.2, 0.25) is 0 Å². The van der Waals surface area contributed by atoms with Crippen LogP contribution in [0.5, 0.6) is 0 Å². The number of Topliss-reactive ketones (excluding diaryl/α,β-unsaturated/α-hetero) is 1. The molecule has 1 saturated carbocycles. The van der Waals surface area contributed by atoms with Crippen LogP contribution in [-0.2, 0) is 19.1 Å². The fraction of sp³-hybridized carbons (Fsp3) is 0.889. The van der Waals surface area contributed by atoms with Crippen molar-refractivity contribution >= 4 is 23.5 Å². The van der Waals surface area contributed by atoms with Gasteiger partial charge in [-0.05, 0) is 42.6 Å². The van der Waals surface area contributed by atoms with Crippen molar-refractivity contribution < 1.29 is 24.2 Å². The van der Waals surface area contributed by atoms with Gasteiger partial charge < -0.3 is 14.6 Å². The van der Waals surface area contributed by atoms with Crippen molar-refractivity contribution in [3.05, 3.63) is 0 Å². The van der Waals surface area contributed by atoms with Gasteiger partial charge in [-0.3, -0.25) is 4.79 Å². The number of carbonyl (C=O) groups is 2. The highest BCUT2D eigenvalue weighted by Gasteiger charge is 2.45. The lowest BCUT2D eigenvalue weighted by atomic mass is 9.67. The molecule has 1 N–H and O–H groups in total. The van der Waals surface area contributed by atoms with Gasteiger partial charge in [0.05, 0.1) is 13.2 Å². The topological polar surface area (TPSA) is 72.8 Å². The molecular weight excluding hydrogens is 328 g/mol. The quantitative estimate of drug-likeness (QED) is 0.503. The van der Waals surface area contributed by atoms with Gasteiger partial charge in [-0.2, -0.15) is 11.8 Å². The maximum atomic E-state index is 12.4. The zero-order valence-corrected chi connectivity index (χ0v) is 16.4. The van der Waals surface area contributed by atoms with Gasteiger partial charge in [0.25, 0.3) is 0 Å². The second-order valence-electron chi connectivity index (χ2n) is 7.36. The average Bonchev–Trinajstić information content (AvgIpc) is 2.56. The lowest BCUT2D eigenvalue weighted by Crippen LogP contribution is -2.50. The average molecular weight is 361 g/mol. The summed E-state index contributed by atoms with van der Waals surface area (Å²) in [6, 6.07) is 0. The van der Waals surface area contributed by atoms with Gasteiger partial charge in [-0.15, -0.1) is 0 Å². The van der Waals surface area contributed by atoms with Gasteiger partial charge in [0.2, 0.25) is 11.4 Å². The normalized spacial score (nSPS) is 26.9. The van der Waals surface area contributed by atoms with Crippen LogP contribution in [-0.4, -0.2) is 54.3 Å². The van der Waals surface area contributed by atoms with Crippen molar-refractivity contribution in [2.75, 3.05) is 25.7 Å². The van der Waals surface area contributed by atoms with E-state index in [1.165, 1.54) is 18.9 Å². The summed E-state index contributed by atoms with van der Waals surface area (Å²) < 4.78 is 10.4. The SMILES string of the molecule is COC(=O)C(O)(CCSC)C(=O)COC1CCCC(C)(C(C)C)C1. The molecule has 0 aliphatic heterocycles. The number of thioether (sulfide) groups is 1. The number of hydrogen-bond donors (Lipinski definition) is 1. The summed E-state index contributed by atoms with van der Waals surface area (Å²) in [4.78, 5) is 24.3. The Kier molecular flexibility index (Phi) is 8.23. The van der Waals surface area contributed by atoms with Crippen LogP contribution in [0.3, 0.4) is 0 Å². The molecule has 5 nitrogen and oxygen atoms in total. The minimum Gasteiger partial charge on any atom is -0.467 e. The minimum absolute atomic E-state index is 0.00227. The zero-order chi connectivity index (χ0) is 18.4. The van der Waals surface area contributed by atoms with Crippen LogP contribution in [0.25, 0.3) is 0 Å². The number of aliphatic hydroxyl groups is 1. The molecule has 1 rings (SSSR count). The van der Waals surface area contributed by atoms with E-state index in [0.29, 0.717) is 11.7 Å². The molecule has 0 bridgehead atoms. The summed E-state index contributed by atoms with van der Waals surface area (Å²) >= 11 is 1.46. The third kappa shape index (κ3) is 5.20. The van der Waals surface area contributed by atoms with Gasteiger partial charge in [0.15, 0.2) is 0 Å². The van der Waals surface area contributed by atoms with E-state index >= 15 is 0 Å². The van der Waals surface area contributed by atoms with Crippen LogP contribution in [0, 0.1) is 11.3 Å². The van der Waals surface area contributed by atoms with Gasteiger partial charge in [-0.1, -0.05) is 27.2 Å². The molecule has 0 spiro atoms. The molecular formula is C18H32O5S. The minimum atomic E-state index is -2.10. The highest BCUT2D eigenvalue weighted by molar-refractivity contribution is 7.98. The summed E-state index contributed by atoms with van der Waals surface area (Å²) in [5.74, 6) is -0.471. The first-order valence-electron chi connectivity index (χ1n) is 8.64. The van der Waals surface area contributed by atoms with E-state index in [9.17, 15) is 14.7 Å². The van der Waals surface area contributed by atoms with Crippen LogP contribution < -0.4 is 0 Å². The van der Waals surface area contributed by atoms with E-state index in [4.69, 9.17) is 4.74 Å². The van der Waals surface area contributed by atoms with Gasteiger partial charge in [0.1, 0.15) is 6.61 Å². The highest BCUT2D eigenvalue weighted by Crippen LogP contribution is 2.42. The van der Waals surface area contributed by atoms with Crippen LogP contribution in [0.15, 0.2) is 0 Å². The molecule has 0 aromatic heterocycles. The first-order valence-corrected chi connectivity index (χ1v) is 10.0. The summed E-state index contributed by atoms with van der Waals surface area (Å²) in [7, 11) is 1.18. The molecule has 1 aliphatic carbocycles. The molecule has 24 heavy (non-hydrogen) atoms. The first kappa shape index (κ1) is 21.5.